The molecule has 0 aromatic heterocycles. The van der Waals surface area contributed by atoms with E-state index in [0.29, 0.717) is 24.0 Å². The molecule has 0 aliphatic carbocycles. The van der Waals surface area contributed by atoms with E-state index in [2.05, 4.69) is 15.5 Å². The molecule has 4 nitrogen and oxygen atoms in total. The van der Waals surface area contributed by atoms with Crippen LogP contribution in [0.1, 0.15) is 12.0 Å². The number of hydrogen-bond acceptors (Lipinski definition) is 3. The Balaban J connectivity index is 1.69. The Hall–Kier alpha value is -1.10. The summed E-state index contributed by atoms with van der Waals surface area (Å²) in [6, 6.07) is 7.54. The van der Waals surface area contributed by atoms with Crippen molar-refractivity contribution in [2.24, 2.45) is 5.92 Å². The third-order valence-corrected chi connectivity index (χ3v) is 3.88. The van der Waals surface area contributed by atoms with Crippen LogP contribution in [0.15, 0.2) is 24.3 Å². The quantitative estimate of drug-likeness (QED) is 0.836. The fraction of sp³-hybridized carbons (Fsp3) is 0.533. The first-order valence-electron chi connectivity index (χ1n) is 7.05. The van der Waals surface area contributed by atoms with Crippen LogP contribution in [0, 0.1) is 5.92 Å². The number of rotatable bonds is 6. The monoisotopic (exact) mass is 295 g/mol. The van der Waals surface area contributed by atoms with Crippen molar-refractivity contribution in [1.29, 1.82) is 0 Å². The number of amides is 1. The molecule has 1 heterocycles. The summed E-state index contributed by atoms with van der Waals surface area (Å²) in [6.45, 7) is 4.11. The zero-order valence-corrected chi connectivity index (χ0v) is 12.6. The number of carbonyl (C=O) groups excluding carboxylic acids is 1. The number of nitrogens with zero attached hydrogens (tertiary/aromatic N) is 1. The second-order valence-electron chi connectivity index (χ2n) is 5.35. The largest absolute Gasteiger partial charge is 0.351 e. The molecule has 1 aromatic carbocycles. The number of hydrogen-bond donors (Lipinski definition) is 2. The lowest BCUT2D eigenvalue weighted by atomic mass is 10.1. The Morgan fingerprint density at radius 2 is 2.15 bits per heavy atom. The molecule has 1 aliphatic rings. The standard InChI is InChI=1S/C15H22ClN3O/c1-17-8-13-6-7-19(10-13)11-15(20)18-9-12-2-4-14(16)5-3-12/h2-5,13,17H,6-11H2,1H3,(H,18,20). The summed E-state index contributed by atoms with van der Waals surface area (Å²) in [5, 5.41) is 6.87. The van der Waals surface area contributed by atoms with E-state index in [0.717, 1.165) is 25.2 Å². The number of carbonyl (C=O) groups is 1. The lowest BCUT2D eigenvalue weighted by Crippen LogP contribution is -2.36. The number of nitrogens with one attached hydrogen (secondary N) is 2. The van der Waals surface area contributed by atoms with Crippen molar-refractivity contribution in [3.05, 3.63) is 34.9 Å². The van der Waals surface area contributed by atoms with Gasteiger partial charge in [0.15, 0.2) is 0 Å². The molecule has 1 saturated heterocycles. The Morgan fingerprint density at radius 1 is 1.40 bits per heavy atom. The highest BCUT2D eigenvalue weighted by Crippen LogP contribution is 2.14. The highest BCUT2D eigenvalue weighted by molar-refractivity contribution is 6.30. The van der Waals surface area contributed by atoms with Crippen LogP contribution in [0.2, 0.25) is 5.02 Å². The molecule has 5 heteroatoms. The van der Waals surface area contributed by atoms with Gasteiger partial charge in [-0.15, -0.1) is 0 Å². The topological polar surface area (TPSA) is 44.4 Å². The molecule has 0 radical (unpaired) electrons. The van der Waals surface area contributed by atoms with Crippen molar-refractivity contribution in [1.82, 2.24) is 15.5 Å². The van der Waals surface area contributed by atoms with Crippen molar-refractivity contribution in [3.8, 4) is 0 Å². The number of halogens is 1. The van der Waals surface area contributed by atoms with Gasteiger partial charge in [-0.2, -0.15) is 0 Å². The highest BCUT2D eigenvalue weighted by atomic mass is 35.5. The van der Waals surface area contributed by atoms with Gasteiger partial charge >= 0.3 is 0 Å². The smallest absolute Gasteiger partial charge is 0.234 e. The maximum absolute atomic E-state index is 11.9. The van der Waals surface area contributed by atoms with Gasteiger partial charge in [0.05, 0.1) is 6.54 Å². The third-order valence-electron chi connectivity index (χ3n) is 3.63. The summed E-state index contributed by atoms with van der Waals surface area (Å²) in [7, 11) is 1.97. The SMILES string of the molecule is CNCC1CCN(CC(=O)NCc2ccc(Cl)cc2)C1. The maximum atomic E-state index is 11.9. The van der Waals surface area contributed by atoms with Crippen LogP contribution in [0.4, 0.5) is 0 Å². The third kappa shape index (κ3) is 4.78. The molecule has 2 N–H and O–H groups in total. The van der Waals surface area contributed by atoms with E-state index in [1.54, 1.807) is 0 Å². The van der Waals surface area contributed by atoms with Crippen LogP contribution >= 0.6 is 11.6 Å². The van der Waals surface area contributed by atoms with Crippen molar-refractivity contribution in [3.63, 3.8) is 0 Å². The molecule has 2 rings (SSSR count). The molecular weight excluding hydrogens is 274 g/mol. The van der Waals surface area contributed by atoms with Crippen LogP contribution in [0.3, 0.4) is 0 Å². The predicted octanol–water partition coefficient (Wildman–Crippen LogP) is 1.50. The average Bonchev–Trinajstić information content (AvgIpc) is 2.86. The Bertz CT molecular complexity index is 435. The highest BCUT2D eigenvalue weighted by Gasteiger charge is 2.23. The molecule has 0 bridgehead atoms. The zero-order chi connectivity index (χ0) is 14.4. The summed E-state index contributed by atoms with van der Waals surface area (Å²) >= 11 is 5.83. The van der Waals surface area contributed by atoms with E-state index in [1.165, 1.54) is 6.42 Å². The van der Waals surface area contributed by atoms with Gasteiger partial charge in [0.2, 0.25) is 5.91 Å². The number of likely N-dealkylation sites (tertiary alicyclic amines) is 1. The molecule has 1 aromatic rings. The molecule has 1 atom stereocenters. The molecule has 1 aliphatic heterocycles. The van der Waals surface area contributed by atoms with Crippen molar-refractivity contribution in [2.75, 3.05) is 33.2 Å². The minimum absolute atomic E-state index is 0.0880. The fourth-order valence-corrected chi connectivity index (χ4v) is 2.70. The van der Waals surface area contributed by atoms with Crippen molar-refractivity contribution < 1.29 is 4.79 Å². The summed E-state index contributed by atoms with van der Waals surface area (Å²) in [5.41, 5.74) is 1.07. The van der Waals surface area contributed by atoms with E-state index in [9.17, 15) is 4.79 Å². The molecule has 1 unspecified atom stereocenters. The minimum Gasteiger partial charge on any atom is -0.351 e. The summed E-state index contributed by atoms with van der Waals surface area (Å²) in [4.78, 5) is 14.1. The fourth-order valence-electron chi connectivity index (χ4n) is 2.57. The first kappa shape index (κ1) is 15.3. The van der Waals surface area contributed by atoms with E-state index in [4.69, 9.17) is 11.6 Å². The van der Waals surface area contributed by atoms with E-state index < -0.39 is 0 Å². The average molecular weight is 296 g/mol. The van der Waals surface area contributed by atoms with Crippen molar-refractivity contribution >= 4 is 17.5 Å². The van der Waals surface area contributed by atoms with Gasteiger partial charge < -0.3 is 10.6 Å². The van der Waals surface area contributed by atoms with Gasteiger partial charge in [0, 0.05) is 18.1 Å². The summed E-state index contributed by atoms with van der Waals surface area (Å²) in [6.07, 6.45) is 1.17. The first-order valence-corrected chi connectivity index (χ1v) is 7.43. The second kappa shape index (κ2) is 7.62. The molecule has 20 heavy (non-hydrogen) atoms. The van der Waals surface area contributed by atoms with E-state index in [1.807, 2.05) is 31.3 Å². The minimum atomic E-state index is 0.0880. The van der Waals surface area contributed by atoms with Gasteiger partial charge in [0.1, 0.15) is 0 Å². The molecule has 1 amide bonds. The number of benzene rings is 1. The van der Waals surface area contributed by atoms with E-state index >= 15 is 0 Å². The van der Waals surface area contributed by atoms with Crippen LogP contribution < -0.4 is 10.6 Å². The summed E-state index contributed by atoms with van der Waals surface area (Å²) < 4.78 is 0. The lowest BCUT2D eigenvalue weighted by molar-refractivity contribution is -0.122. The molecule has 0 spiro atoms. The lowest BCUT2D eigenvalue weighted by Gasteiger charge is -2.15. The second-order valence-corrected chi connectivity index (χ2v) is 5.79. The van der Waals surface area contributed by atoms with Gasteiger partial charge in [-0.3, -0.25) is 9.69 Å². The normalized spacial score (nSPS) is 19.2. The molecular formula is C15H22ClN3O. The first-order chi connectivity index (χ1) is 9.67. The van der Waals surface area contributed by atoms with Gasteiger partial charge in [0.25, 0.3) is 0 Å². The molecule has 0 saturated carbocycles. The molecule has 1 fully saturated rings. The Labute approximate surface area is 125 Å². The Morgan fingerprint density at radius 3 is 2.85 bits per heavy atom. The van der Waals surface area contributed by atoms with Crippen molar-refractivity contribution in [2.45, 2.75) is 13.0 Å². The van der Waals surface area contributed by atoms with E-state index in [-0.39, 0.29) is 5.91 Å². The van der Waals surface area contributed by atoms with Crippen LogP contribution in [-0.4, -0.2) is 44.0 Å². The molecule has 110 valence electrons. The predicted molar refractivity (Wildman–Crippen MR) is 81.8 cm³/mol. The van der Waals surface area contributed by atoms with Gasteiger partial charge in [-0.25, -0.2) is 0 Å². The van der Waals surface area contributed by atoms with Gasteiger partial charge in [-0.05, 0) is 50.2 Å². The maximum Gasteiger partial charge on any atom is 0.234 e. The van der Waals surface area contributed by atoms with Gasteiger partial charge in [-0.1, -0.05) is 23.7 Å². The summed E-state index contributed by atoms with van der Waals surface area (Å²) in [5.74, 6) is 0.758. The zero-order valence-electron chi connectivity index (χ0n) is 11.9. The van der Waals surface area contributed by atoms with Crippen LogP contribution in [0.5, 0.6) is 0 Å². The Kier molecular flexibility index (Phi) is 5.83. The van der Waals surface area contributed by atoms with Crippen LogP contribution in [-0.2, 0) is 11.3 Å². The van der Waals surface area contributed by atoms with Crippen LogP contribution in [0.25, 0.3) is 0 Å².